The van der Waals surface area contributed by atoms with Crippen LogP contribution in [0.4, 0.5) is 5.69 Å². The molecule has 0 fully saturated rings. The third-order valence-electron chi connectivity index (χ3n) is 2.64. The van der Waals surface area contributed by atoms with Gasteiger partial charge in [0.15, 0.2) is 0 Å². The normalized spacial score (nSPS) is 10.1. The first-order valence-electron chi connectivity index (χ1n) is 5.92. The molecule has 8 nitrogen and oxygen atoms in total. The van der Waals surface area contributed by atoms with Crippen LogP contribution in [-0.4, -0.2) is 39.0 Å². The van der Waals surface area contributed by atoms with Crippen molar-refractivity contribution < 1.29 is 24.5 Å². The average Bonchev–Trinajstić information content (AvgIpc) is 2.85. The predicted molar refractivity (Wildman–Crippen MR) is 72.5 cm³/mol. The second-order valence-electron chi connectivity index (χ2n) is 4.16. The predicted octanol–water partition coefficient (Wildman–Crippen LogP) is 0.934. The molecule has 1 amide bonds. The van der Waals surface area contributed by atoms with Crippen molar-refractivity contribution in [1.82, 2.24) is 9.78 Å². The van der Waals surface area contributed by atoms with E-state index in [0.717, 1.165) is 0 Å². The van der Waals surface area contributed by atoms with E-state index in [2.05, 4.69) is 10.4 Å². The molecule has 0 spiro atoms. The van der Waals surface area contributed by atoms with Crippen molar-refractivity contribution in [3.05, 3.63) is 36.2 Å². The van der Waals surface area contributed by atoms with Crippen LogP contribution in [0.2, 0.25) is 0 Å². The van der Waals surface area contributed by atoms with E-state index in [9.17, 15) is 14.7 Å². The number of benzene rings is 1. The number of carboxylic acids is 1. The molecule has 0 aliphatic carbocycles. The maximum absolute atomic E-state index is 12.1. The van der Waals surface area contributed by atoms with Crippen LogP contribution in [0, 0.1) is 0 Å². The number of amides is 1. The van der Waals surface area contributed by atoms with Crippen molar-refractivity contribution in [3.8, 4) is 11.5 Å². The molecule has 1 aromatic carbocycles. The van der Waals surface area contributed by atoms with E-state index < -0.39 is 11.9 Å². The average molecular weight is 291 g/mol. The summed E-state index contributed by atoms with van der Waals surface area (Å²) in [6.45, 7) is -0.305. The van der Waals surface area contributed by atoms with Crippen LogP contribution in [0.1, 0.15) is 10.4 Å². The lowest BCUT2D eigenvalue weighted by Gasteiger charge is -2.07. The lowest BCUT2D eigenvalue weighted by Crippen LogP contribution is -2.12. The Labute approximate surface area is 119 Å². The van der Waals surface area contributed by atoms with E-state index in [1.807, 2.05) is 0 Å². The molecule has 2 aromatic rings. The van der Waals surface area contributed by atoms with Crippen molar-refractivity contribution in [3.63, 3.8) is 0 Å². The summed E-state index contributed by atoms with van der Waals surface area (Å²) in [7, 11) is 1.45. The largest absolute Gasteiger partial charge is 0.507 e. The quantitative estimate of drug-likeness (QED) is 0.755. The number of aromatic hydroxyl groups is 1. The molecule has 0 unspecified atom stereocenters. The summed E-state index contributed by atoms with van der Waals surface area (Å²) in [5.74, 6) is -1.35. The molecule has 0 saturated heterocycles. The van der Waals surface area contributed by atoms with Crippen LogP contribution in [-0.2, 0) is 11.3 Å². The van der Waals surface area contributed by atoms with Gasteiger partial charge in [-0.2, -0.15) is 5.10 Å². The Kier molecular flexibility index (Phi) is 4.07. The van der Waals surface area contributed by atoms with Gasteiger partial charge in [0.25, 0.3) is 5.91 Å². The highest BCUT2D eigenvalue weighted by atomic mass is 16.5. The number of anilines is 1. The van der Waals surface area contributed by atoms with E-state index in [1.165, 1.54) is 42.4 Å². The Morgan fingerprint density at radius 1 is 1.43 bits per heavy atom. The monoisotopic (exact) mass is 291 g/mol. The number of carbonyl (C=O) groups is 2. The number of hydrogen-bond acceptors (Lipinski definition) is 5. The fourth-order valence-corrected chi connectivity index (χ4v) is 1.68. The summed E-state index contributed by atoms with van der Waals surface area (Å²) in [5, 5.41) is 24.6. The maximum Gasteiger partial charge on any atom is 0.325 e. The SMILES string of the molecule is COc1ccc(O)c(C(=O)Nc2cnn(CC(=O)O)c2)c1. The summed E-state index contributed by atoms with van der Waals surface area (Å²) in [5.41, 5.74) is 0.365. The molecule has 0 radical (unpaired) electrons. The number of aliphatic carboxylic acids is 1. The van der Waals surface area contributed by atoms with Crippen LogP contribution >= 0.6 is 0 Å². The number of ether oxygens (including phenoxy) is 1. The Hall–Kier alpha value is -3.03. The van der Waals surface area contributed by atoms with E-state index in [1.54, 1.807) is 0 Å². The fraction of sp³-hybridized carbons (Fsp3) is 0.154. The lowest BCUT2D eigenvalue weighted by molar-refractivity contribution is -0.137. The summed E-state index contributed by atoms with van der Waals surface area (Å²) in [6, 6.07) is 4.27. The van der Waals surface area contributed by atoms with Crippen LogP contribution in [0.5, 0.6) is 11.5 Å². The minimum Gasteiger partial charge on any atom is -0.507 e. The Morgan fingerprint density at radius 2 is 2.19 bits per heavy atom. The fourth-order valence-electron chi connectivity index (χ4n) is 1.68. The molecule has 3 N–H and O–H groups in total. The van der Waals surface area contributed by atoms with Crippen LogP contribution in [0.3, 0.4) is 0 Å². The van der Waals surface area contributed by atoms with Crippen LogP contribution in [0.25, 0.3) is 0 Å². The van der Waals surface area contributed by atoms with Gasteiger partial charge in [0, 0.05) is 6.20 Å². The van der Waals surface area contributed by atoms with E-state index in [4.69, 9.17) is 9.84 Å². The van der Waals surface area contributed by atoms with Gasteiger partial charge in [-0.05, 0) is 18.2 Å². The van der Waals surface area contributed by atoms with Gasteiger partial charge >= 0.3 is 5.97 Å². The van der Waals surface area contributed by atoms with Crippen molar-refractivity contribution in [1.29, 1.82) is 0 Å². The first-order valence-corrected chi connectivity index (χ1v) is 5.92. The van der Waals surface area contributed by atoms with Gasteiger partial charge in [-0.3, -0.25) is 14.3 Å². The minimum absolute atomic E-state index is 0.0420. The highest BCUT2D eigenvalue weighted by molar-refractivity contribution is 6.06. The van der Waals surface area contributed by atoms with Crippen LogP contribution in [0.15, 0.2) is 30.6 Å². The molecule has 1 heterocycles. The van der Waals surface area contributed by atoms with Crippen molar-refractivity contribution in [2.75, 3.05) is 12.4 Å². The first-order chi connectivity index (χ1) is 9.99. The summed E-state index contributed by atoms with van der Waals surface area (Å²) >= 11 is 0. The topological polar surface area (TPSA) is 114 Å². The number of carbonyl (C=O) groups excluding carboxylic acids is 1. The molecule has 1 aromatic heterocycles. The number of nitrogens with zero attached hydrogens (tertiary/aromatic N) is 2. The van der Waals surface area contributed by atoms with Gasteiger partial charge in [0.1, 0.15) is 18.0 Å². The molecule has 21 heavy (non-hydrogen) atoms. The van der Waals surface area contributed by atoms with Crippen molar-refractivity contribution in [2.45, 2.75) is 6.54 Å². The van der Waals surface area contributed by atoms with Gasteiger partial charge in [-0.25, -0.2) is 0 Å². The molecule has 110 valence electrons. The third kappa shape index (κ3) is 3.50. The van der Waals surface area contributed by atoms with Gasteiger partial charge in [-0.1, -0.05) is 0 Å². The lowest BCUT2D eigenvalue weighted by atomic mass is 10.1. The molecule has 0 saturated carbocycles. The van der Waals surface area contributed by atoms with E-state index in [-0.39, 0.29) is 17.9 Å². The zero-order valence-electron chi connectivity index (χ0n) is 11.1. The number of phenols is 1. The molecule has 2 rings (SSSR count). The van der Waals surface area contributed by atoms with Gasteiger partial charge in [-0.15, -0.1) is 0 Å². The molecule has 8 heteroatoms. The van der Waals surface area contributed by atoms with Crippen molar-refractivity contribution in [2.24, 2.45) is 0 Å². The Bertz CT molecular complexity index is 680. The summed E-state index contributed by atoms with van der Waals surface area (Å²) in [6.07, 6.45) is 2.70. The number of aromatic nitrogens is 2. The zero-order chi connectivity index (χ0) is 15.4. The van der Waals surface area contributed by atoms with Gasteiger partial charge < -0.3 is 20.3 Å². The van der Waals surface area contributed by atoms with E-state index >= 15 is 0 Å². The molecule has 0 aliphatic rings. The number of hydrogen-bond donors (Lipinski definition) is 3. The van der Waals surface area contributed by atoms with Gasteiger partial charge in [0.2, 0.25) is 0 Å². The van der Waals surface area contributed by atoms with E-state index in [0.29, 0.717) is 11.4 Å². The second kappa shape index (κ2) is 5.95. The molecule has 0 atom stereocenters. The third-order valence-corrected chi connectivity index (χ3v) is 2.64. The summed E-state index contributed by atoms with van der Waals surface area (Å²) < 4.78 is 6.16. The Morgan fingerprint density at radius 3 is 2.86 bits per heavy atom. The molecular weight excluding hydrogens is 278 g/mol. The summed E-state index contributed by atoms with van der Waals surface area (Å²) in [4.78, 5) is 22.6. The highest BCUT2D eigenvalue weighted by Gasteiger charge is 2.14. The molecule has 0 aliphatic heterocycles. The molecule has 0 bridgehead atoms. The minimum atomic E-state index is -1.04. The zero-order valence-corrected chi connectivity index (χ0v) is 11.1. The van der Waals surface area contributed by atoms with Crippen molar-refractivity contribution >= 4 is 17.6 Å². The van der Waals surface area contributed by atoms with Crippen LogP contribution < -0.4 is 10.1 Å². The molecular formula is C13H13N3O5. The number of phenolic OH excluding ortho intramolecular Hbond substituents is 1. The number of nitrogens with one attached hydrogen (secondary N) is 1. The second-order valence-corrected chi connectivity index (χ2v) is 4.16. The maximum atomic E-state index is 12.1. The first kappa shape index (κ1) is 14.4. The number of carboxylic acid groups (broad SMARTS) is 1. The number of methoxy groups -OCH3 is 1. The smallest absolute Gasteiger partial charge is 0.325 e. The number of rotatable bonds is 5. The Balaban J connectivity index is 2.14. The standard InChI is InChI=1S/C13H13N3O5/c1-21-9-2-3-11(17)10(4-9)13(20)15-8-5-14-16(6-8)7-12(18)19/h2-6,17H,7H2,1H3,(H,15,20)(H,18,19). The highest BCUT2D eigenvalue weighted by Crippen LogP contribution is 2.23. The van der Waals surface area contributed by atoms with Gasteiger partial charge in [0.05, 0.1) is 24.6 Å².